The fourth-order valence-electron chi connectivity index (χ4n) is 2.08. The molecule has 0 spiro atoms. The van der Waals surface area contributed by atoms with Crippen LogP contribution in [-0.2, 0) is 6.42 Å². The average molecular weight is 289 g/mol. The van der Waals surface area contributed by atoms with Crippen LogP contribution in [0.5, 0.6) is 11.5 Å². The number of ether oxygens (including phenoxy) is 2. The molecule has 0 aliphatic carbocycles. The number of benzene rings is 1. The van der Waals surface area contributed by atoms with Crippen LogP contribution < -0.4 is 15.2 Å². The second-order valence-electron chi connectivity index (χ2n) is 5.90. The molecule has 0 fully saturated rings. The number of hydrogen-bond donors (Lipinski definition) is 1. The topological polar surface area (TPSA) is 83.4 Å². The highest BCUT2D eigenvalue weighted by Crippen LogP contribution is 2.35. The molecule has 1 aromatic heterocycles. The molecular weight excluding hydrogens is 270 g/mol. The minimum absolute atomic E-state index is 0.252. The van der Waals surface area contributed by atoms with Crippen LogP contribution in [0.3, 0.4) is 0 Å². The third-order valence-corrected chi connectivity index (χ3v) is 3.26. The van der Waals surface area contributed by atoms with Crippen molar-refractivity contribution in [2.45, 2.75) is 38.3 Å². The summed E-state index contributed by atoms with van der Waals surface area (Å²) in [7, 11) is 0. The van der Waals surface area contributed by atoms with Gasteiger partial charge in [-0.2, -0.15) is 4.98 Å². The minimum atomic E-state index is -0.344. The summed E-state index contributed by atoms with van der Waals surface area (Å²) < 4.78 is 16.7. The molecule has 2 N–H and O–H groups in total. The molecule has 1 aliphatic rings. The summed E-state index contributed by atoms with van der Waals surface area (Å²) in [5, 5.41) is 3.98. The fourth-order valence-corrected chi connectivity index (χ4v) is 2.08. The molecule has 2 heterocycles. The standard InChI is InChI=1S/C15H19N3O3/c1-15(2,16)8-7-13-17-14(18-21-13)12-9-19-10-5-3-4-6-11(10)20-12/h3-6,12H,7-9,16H2,1-2H3. The number of aromatic nitrogens is 2. The zero-order valence-electron chi connectivity index (χ0n) is 12.2. The van der Waals surface area contributed by atoms with Crippen molar-refractivity contribution in [2.24, 2.45) is 5.73 Å². The minimum Gasteiger partial charge on any atom is -0.485 e. The highest BCUT2D eigenvalue weighted by atomic mass is 16.6. The lowest BCUT2D eigenvalue weighted by molar-refractivity contribution is 0.0832. The number of nitrogens with zero attached hydrogens (tertiary/aromatic N) is 2. The van der Waals surface area contributed by atoms with Gasteiger partial charge in [0, 0.05) is 12.0 Å². The van der Waals surface area contributed by atoms with E-state index in [1.54, 1.807) is 0 Å². The normalized spacial score (nSPS) is 17.8. The van der Waals surface area contributed by atoms with Gasteiger partial charge < -0.3 is 19.7 Å². The zero-order valence-corrected chi connectivity index (χ0v) is 12.2. The molecule has 1 aromatic carbocycles. The van der Waals surface area contributed by atoms with E-state index < -0.39 is 0 Å². The Bertz CT molecular complexity index is 619. The number of aryl methyl sites for hydroxylation is 1. The van der Waals surface area contributed by atoms with Crippen molar-refractivity contribution in [2.75, 3.05) is 6.61 Å². The van der Waals surface area contributed by atoms with Gasteiger partial charge in [-0.1, -0.05) is 17.3 Å². The molecule has 6 nitrogen and oxygen atoms in total. The molecule has 0 amide bonds. The Morgan fingerprint density at radius 2 is 2.05 bits per heavy atom. The summed E-state index contributed by atoms with van der Waals surface area (Å²) in [6.45, 7) is 4.32. The van der Waals surface area contributed by atoms with E-state index in [0.717, 1.165) is 12.2 Å². The maximum Gasteiger partial charge on any atom is 0.226 e. The maximum atomic E-state index is 5.95. The average Bonchev–Trinajstić information content (AvgIpc) is 2.93. The SMILES string of the molecule is CC(C)(N)CCc1nc(C2COc3ccccc3O2)no1. The first kappa shape index (κ1) is 13.9. The van der Waals surface area contributed by atoms with E-state index in [2.05, 4.69) is 10.1 Å². The Morgan fingerprint density at radius 3 is 2.81 bits per heavy atom. The first-order valence-electron chi connectivity index (χ1n) is 7.01. The lowest BCUT2D eigenvalue weighted by atomic mass is 10.0. The Balaban J connectivity index is 1.67. The van der Waals surface area contributed by atoms with Gasteiger partial charge in [0.05, 0.1) is 0 Å². The molecule has 21 heavy (non-hydrogen) atoms. The zero-order chi connectivity index (χ0) is 14.9. The van der Waals surface area contributed by atoms with Crippen molar-refractivity contribution < 1.29 is 14.0 Å². The Kier molecular flexibility index (Phi) is 3.55. The third-order valence-electron chi connectivity index (χ3n) is 3.26. The van der Waals surface area contributed by atoms with Crippen molar-refractivity contribution >= 4 is 0 Å². The van der Waals surface area contributed by atoms with Gasteiger partial charge in [0.15, 0.2) is 17.6 Å². The van der Waals surface area contributed by atoms with Crippen molar-refractivity contribution in [3.05, 3.63) is 36.0 Å². The van der Waals surface area contributed by atoms with Gasteiger partial charge in [0.25, 0.3) is 0 Å². The van der Waals surface area contributed by atoms with Crippen molar-refractivity contribution in [1.29, 1.82) is 0 Å². The Hall–Kier alpha value is -2.08. The molecular formula is C15H19N3O3. The van der Waals surface area contributed by atoms with Crippen LogP contribution in [0.1, 0.15) is 38.1 Å². The first-order chi connectivity index (χ1) is 10.0. The molecule has 1 atom stereocenters. The van der Waals surface area contributed by atoms with Crippen LogP contribution in [0, 0.1) is 0 Å². The fraction of sp³-hybridized carbons (Fsp3) is 0.467. The second kappa shape index (κ2) is 5.37. The largest absolute Gasteiger partial charge is 0.485 e. The molecule has 0 bridgehead atoms. The first-order valence-corrected chi connectivity index (χ1v) is 7.01. The Labute approximate surface area is 123 Å². The molecule has 3 rings (SSSR count). The van der Waals surface area contributed by atoms with Crippen LogP contribution in [-0.4, -0.2) is 22.3 Å². The summed E-state index contributed by atoms with van der Waals surface area (Å²) in [5.41, 5.74) is 5.70. The van der Waals surface area contributed by atoms with Crippen LogP contribution in [0.2, 0.25) is 0 Å². The predicted molar refractivity (Wildman–Crippen MR) is 76.2 cm³/mol. The molecule has 0 saturated heterocycles. The molecule has 0 saturated carbocycles. The molecule has 6 heteroatoms. The number of fused-ring (bicyclic) bond motifs is 1. The van der Waals surface area contributed by atoms with Crippen LogP contribution in [0.4, 0.5) is 0 Å². The predicted octanol–water partition coefficient (Wildman–Crippen LogP) is 2.25. The van der Waals surface area contributed by atoms with Gasteiger partial charge in [-0.05, 0) is 32.4 Å². The smallest absolute Gasteiger partial charge is 0.226 e. The summed E-state index contributed by atoms with van der Waals surface area (Å²) in [4.78, 5) is 4.37. The number of hydrogen-bond acceptors (Lipinski definition) is 6. The Morgan fingerprint density at radius 1 is 1.29 bits per heavy atom. The van der Waals surface area contributed by atoms with Gasteiger partial charge >= 0.3 is 0 Å². The molecule has 1 aliphatic heterocycles. The molecule has 1 unspecified atom stereocenters. The van der Waals surface area contributed by atoms with Crippen molar-refractivity contribution in [3.63, 3.8) is 0 Å². The second-order valence-corrected chi connectivity index (χ2v) is 5.90. The van der Waals surface area contributed by atoms with E-state index >= 15 is 0 Å². The maximum absolute atomic E-state index is 5.95. The molecule has 2 aromatic rings. The monoisotopic (exact) mass is 289 g/mol. The highest BCUT2D eigenvalue weighted by molar-refractivity contribution is 5.40. The van der Waals surface area contributed by atoms with E-state index in [0.29, 0.717) is 30.5 Å². The van der Waals surface area contributed by atoms with Crippen molar-refractivity contribution in [3.8, 4) is 11.5 Å². The van der Waals surface area contributed by atoms with E-state index in [4.69, 9.17) is 19.7 Å². The quantitative estimate of drug-likeness (QED) is 0.929. The summed E-state index contributed by atoms with van der Waals surface area (Å²) in [6.07, 6.45) is 1.09. The van der Waals surface area contributed by atoms with Gasteiger partial charge in [-0.15, -0.1) is 0 Å². The molecule has 0 radical (unpaired) electrons. The lowest BCUT2D eigenvalue weighted by Gasteiger charge is -2.24. The van der Waals surface area contributed by atoms with E-state index in [1.807, 2.05) is 38.1 Å². The summed E-state index contributed by atoms with van der Waals surface area (Å²) in [5.74, 6) is 2.52. The third kappa shape index (κ3) is 3.33. The van der Waals surface area contributed by atoms with Crippen molar-refractivity contribution in [1.82, 2.24) is 10.1 Å². The van der Waals surface area contributed by atoms with Crippen LogP contribution in [0.15, 0.2) is 28.8 Å². The van der Waals surface area contributed by atoms with E-state index in [9.17, 15) is 0 Å². The van der Waals surface area contributed by atoms with E-state index in [1.165, 1.54) is 0 Å². The van der Waals surface area contributed by atoms with Gasteiger partial charge in [-0.25, -0.2) is 0 Å². The number of rotatable bonds is 4. The molecule has 112 valence electrons. The van der Waals surface area contributed by atoms with Crippen LogP contribution in [0.25, 0.3) is 0 Å². The van der Waals surface area contributed by atoms with Gasteiger partial charge in [-0.3, -0.25) is 0 Å². The summed E-state index contributed by atoms with van der Waals surface area (Å²) >= 11 is 0. The van der Waals surface area contributed by atoms with Crippen LogP contribution >= 0.6 is 0 Å². The lowest BCUT2D eigenvalue weighted by Crippen LogP contribution is -2.32. The van der Waals surface area contributed by atoms with Gasteiger partial charge in [0.1, 0.15) is 6.61 Å². The van der Waals surface area contributed by atoms with E-state index in [-0.39, 0.29) is 11.6 Å². The number of para-hydroxylation sites is 2. The summed E-state index contributed by atoms with van der Waals surface area (Å²) in [6, 6.07) is 7.54. The number of nitrogens with two attached hydrogens (primary N) is 1. The van der Waals surface area contributed by atoms with Gasteiger partial charge in [0.2, 0.25) is 11.7 Å². The highest BCUT2D eigenvalue weighted by Gasteiger charge is 2.27.